The zero-order valence-electron chi connectivity index (χ0n) is 16.6. The predicted molar refractivity (Wildman–Crippen MR) is 94.6 cm³/mol. The quantitative estimate of drug-likeness (QED) is 0.646. The zero-order valence-corrected chi connectivity index (χ0v) is 16.6. The second kappa shape index (κ2) is 7.81. The van der Waals surface area contributed by atoms with Gasteiger partial charge in [0.05, 0.1) is 18.8 Å². The first-order valence-electron chi connectivity index (χ1n) is 9.29. The third-order valence-corrected chi connectivity index (χ3v) is 5.00. The van der Waals surface area contributed by atoms with E-state index in [2.05, 4.69) is 55.4 Å². The van der Waals surface area contributed by atoms with E-state index in [0.717, 1.165) is 12.8 Å². The Morgan fingerprint density at radius 1 is 0.913 bits per heavy atom. The standard InChI is InChI=1S/C19H39NO3/c1-9-18(10-2)14-19(22-11-15(3)4,23-12-16(5)6)13-17(7,8)20(18)21/h15-16,21H,9-14H2,1-8H3. The van der Waals surface area contributed by atoms with Gasteiger partial charge in [-0.25, -0.2) is 0 Å². The van der Waals surface area contributed by atoms with E-state index in [1.54, 1.807) is 5.06 Å². The van der Waals surface area contributed by atoms with Crippen LogP contribution in [0.1, 0.15) is 81.1 Å². The highest BCUT2D eigenvalue weighted by Crippen LogP contribution is 2.48. The lowest BCUT2D eigenvalue weighted by atomic mass is 9.73. The van der Waals surface area contributed by atoms with Crippen LogP contribution in [0.4, 0.5) is 0 Å². The van der Waals surface area contributed by atoms with Crippen LogP contribution in [0.2, 0.25) is 0 Å². The Balaban J connectivity index is 3.14. The average molecular weight is 330 g/mol. The van der Waals surface area contributed by atoms with E-state index in [1.165, 1.54) is 0 Å². The SMILES string of the molecule is CCC1(CC)CC(OCC(C)C)(OCC(C)C)CC(C)(C)N1O. The topological polar surface area (TPSA) is 41.9 Å². The van der Waals surface area contributed by atoms with Crippen molar-refractivity contribution in [1.29, 1.82) is 0 Å². The molecule has 138 valence electrons. The normalized spacial score (nSPS) is 23.6. The number of hydrogen-bond donors (Lipinski definition) is 1. The molecule has 1 fully saturated rings. The van der Waals surface area contributed by atoms with Crippen molar-refractivity contribution in [1.82, 2.24) is 5.06 Å². The summed E-state index contributed by atoms with van der Waals surface area (Å²) in [4.78, 5) is 0. The van der Waals surface area contributed by atoms with E-state index in [4.69, 9.17) is 9.47 Å². The lowest BCUT2D eigenvalue weighted by Crippen LogP contribution is -2.67. The van der Waals surface area contributed by atoms with Crippen LogP contribution < -0.4 is 0 Å². The third-order valence-electron chi connectivity index (χ3n) is 5.00. The second-order valence-electron chi connectivity index (χ2n) is 8.73. The monoisotopic (exact) mass is 329 g/mol. The first-order chi connectivity index (χ1) is 10.5. The molecule has 1 N–H and O–H groups in total. The van der Waals surface area contributed by atoms with Gasteiger partial charge in [-0.2, -0.15) is 5.06 Å². The summed E-state index contributed by atoms with van der Waals surface area (Å²) in [6.07, 6.45) is 3.15. The Morgan fingerprint density at radius 3 is 1.70 bits per heavy atom. The molecule has 0 spiro atoms. The smallest absolute Gasteiger partial charge is 0.171 e. The molecule has 4 nitrogen and oxygen atoms in total. The molecule has 1 aliphatic rings. The fraction of sp³-hybridized carbons (Fsp3) is 1.00. The van der Waals surface area contributed by atoms with Gasteiger partial charge in [-0.3, -0.25) is 0 Å². The molecule has 0 amide bonds. The maximum absolute atomic E-state index is 10.9. The summed E-state index contributed by atoms with van der Waals surface area (Å²) in [5.41, 5.74) is -0.673. The minimum Gasteiger partial charge on any atom is -0.350 e. The Hall–Kier alpha value is -0.160. The van der Waals surface area contributed by atoms with Crippen LogP contribution in [-0.2, 0) is 9.47 Å². The molecule has 23 heavy (non-hydrogen) atoms. The van der Waals surface area contributed by atoms with Crippen molar-refractivity contribution in [2.45, 2.75) is 97.9 Å². The van der Waals surface area contributed by atoms with Crippen LogP contribution in [0.5, 0.6) is 0 Å². The molecule has 1 rings (SSSR count). The van der Waals surface area contributed by atoms with E-state index in [-0.39, 0.29) is 11.1 Å². The van der Waals surface area contributed by atoms with Gasteiger partial charge in [0, 0.05) is 18.4 Å². The summed E-state index contributed by atoms with van der Waals surface area (Å²) in [5, 5.41) is 12.4. The van der Waals surface area contributed by atoms with Crippen LogP contribution in [0.25, 0.3) is 0 Å². The molecular formula is C19H39NO3. The molecule has 0 bridgehead atoms. The van der Waals surface area contributed by atoms with E-state index >= 15 is 0 Å². The summed E-state index contributed by atoms with van der Waals surface area (Å²) < 4.78 is 12.7. The number of rotatable bonds is 8. The summed E-state index contributed by atoms with van der Waals surface area (Å²) in [5.74, 6) is 0.313. The molecular weight excluding hydrogens is 290 g/mol. The van der Waals surface area contributed by atoms with Gasteiger partial charge in [-0.15, -0.1) is 0 Å². The van der Waals surface area contributed by atoms with E-state index in [9.17, 15) is 5.21 Å². The molecule has 1 heterocycles. The first-order valence-corrected chi connectivity index (χ1v) is 9.29. The highest BCUT2D eigenvalue weighted by Gasteiger charge is 2.56. The predicted octanol–water partition coefficient (Wildman–Crippen LogP) is 4.85. The Morgan fingerprint density at radius 2 is 1.35 bits per heavy atom. The van der Waals surface area contributed by atoms with Gasteiger partial charge >= 0.3 is 0 Å². The molecule has 0 aromatic rings. The van der Waals surface area contributed by atoms with Gasteiger partial charge in [0.25, 0.3) is 0 Å². The Labute approximate surface area is 143 Å². The largest absolute Gasteiger partial charge is 0.350 e. The zero-order chi connectivity index (χ0) is 17.9. The summed E-state index contributed by atoms with van der Waals surface area (Å²) in [6, 6.07) is 0. The summed E-state index contributed by atoms with van der Waals surface area (Å²) in [7, 11) is 0. The van der Waals surface area contributed by atoms with E-state index in [1.807, 2.05) is 0 Å². The molecule has 0 aromatic carbocycles. The van der Waals surface area contributed by atoms with Gasteiger partial charge in [-0.1, -0.05) is 41.5 Å². The van der Waals surface area contributed by atoms with E-state index < -0.39 is 5.79 Å². The van der Waals surface area contributed by atoms with Crippen LogP contribution in [0.15, 0.2) is 0 Å². The minimum absolute atomic E-state index is 0.296. The number of nitrogens with zero attached hydrogens (tertiary/aromatic N) is 1. The highest BCUT2D eigenvalue weighted by molar-refractivity contribution is 5.04. The number of hydrogen-bond acceptors (Lipinski definition) is 4. The highest BCUT2D eigenvalue weighted by atomic mass is 16.7. The lowest BCUT2D eigenvalue weighted by molar-refractivity contribution is -0.352. The number of piperidine rings is 1. The van der Waals surface area contributed by atoms with Crippen LogP contribution in [-0.4, -0.2) is 40.3 Å². The van der Waals surface area contributed by atoms with Gasteiger partial charge in [0.15, 0.2) is 5.79 Å². The Bertz CT molecular complexity index is 350. The average Bonchev–Trinajstić information content (AvgIpc) is 2.47. The van der Waals surface area contributed by atoms with Crippen molar-refractivity contribution in [2.24, 2.45) is 11.8 Å². The van der Waals surface area contributed by atoms with Crippen LogP contribution in [0.3, 0.4) is 0 Å². The molecule has 0 radical (unpaired) electrons. The lowest BCUT2D eigenvalue weighted by Gasteiger charge is -2.58. The van der Waals surface area contributed by atoms with Crippen LogP contribution in [0, 0.1) is 11.8 Å². The maximum Gasteiger partial charge on any atom is 0.171 e. The number of hydroxylamine groups is 2. The fourth-order valence-electron chi connectivity index (χ4n) is 3.70. The maximum atomic E-state index is 10.9. The number of ether oxygens (including phenoxy) is 2. The van der Waals surface area contributed by atoms with Crippen molar-refractivity contribution < 1.29 is 14.7 Å². The minimum atomic E-state index is -0.608. The van der Waals surface area contributed by atoms with Crippen LogP contribution >= 0.6 is 0 Å². The molecule has 0 aliphatic carbocycles. The molecule has 1 aliphatic heterocycles. The molecule has 0 aromatic heterocycles. The van der Waals surface area contributed by atoms with Crippen molar-refractivity contribution in [2.75, 3.05) is 13.2 Å². The second-order valence-corrected chi connectivity index (χ2v) is 8.73. The molecule has 4 heteroatoms. The first kappa shape index (κ1) is 20.9. The summed E-state index contributed by atoms with van der Waals surface area (Å²) >= 11 is 0. The molecule has 0 atom stereocenters. The molecule has 0 saturated carbocycles. The van der Waals surface area contributed by atoms with Gasteiger partial charge in [-0.05, 0) is 38.5 Å². The van der Waals surface area contributed by atoms with Crippen molar-refractivity contribution in [3.63, 3.8) is 0 Å². The van der Waals surface area contributed by atoms with Crippen molar-refractivity contribution >= 4 is 0 Å². The molecule has 0 unspecified atom stereocenters. The van der Waals surface area contributed by atoms with Gasteiger partial charge in [0.2, 0.25) is 0 Å². The summed E-state index contributed by atoms with van der Waals surface area (Å²) in [6.45, 7) is 18.5. The molecule has 1 saturated heterocycles. The van der Waals surface area contributed by atoms with Gasteiger partial charge in [0.1, 0.15) is 0 Å². The third kappa shape index (κ3) is 4.91. The Kier molecular flexibility index (Phi) is 7.10. The van der Waals surface area contributed by atoms with Crippen molar-refractivity contribution in [3.05, 3.63) is 0 Å². The van der Waals surface area contributed by atoms with Crippen molar-refractivity contribution in [3.8, 4) is 0 Å². The van der Waals surface area contributed by atoms with Gasteiger partial charge < -0.3 is 14.7 Å². The fourth-order valence-corrected chi connectivity index (χ4v) is 3.70. The van der Waals surface area contributed by atoms with E-state index in [0.29, 0.717) is 37.9 Å².